The fraction of sp³-hybridized carbons (Fsp3) is 0.409. The van der Waals surface area contributed by atoms with Crippen molar-refractivity contribution in [3.8, 4) is 11.4 Å². The zero-order chi connectivity index (χ0) is 26.0. The van der Waals surface area contributed by atoms with Crippen LogP contribution in [0, 0.1) is 5.82 Å². The molecule has 0 aliphatic carbocycles. The van der Waals surface area contributed by atoms with E-state index in [0.29, 0.717) is 6.92 Å². The second-order valence-corrected chi connectivity index (χ2v) is 11.5. The molecule has 0 saturated carbocycles. The molecule has 1 amide bonds. The number of carbonyl (C=O) groups is 1. The van der Waals surface area contributed by atoms with E-state index in [4.69, 9.17) is 0 Å². The highest BCUT2D eigenvalue weighted by atomic mass is 32.2. The highest BCUT2D eigenvalue weighted by Crippen LogP contribution is 2.32. The number of pyridine rings is 1. The van der Waals surface area contributed by atoms with E-state index in [1.165, 1.54) is 26.1 Å². The topological polar surface area (TPSA) is 123 Å². The predicted molar refractivity (Wildman–Crippen MR) is 120 cm³/mol. The summed E-state index contributed by atoms with van der Waals surface area (Å²) in [5.41, 5.74) is -2.55. The van der Waals surface area contributed by atoms with E-state index in [1.807, 2.05) is 0 Å². The first kappa shape index (κ1) is 24.9. The third-order valence-corrected chi connectivity index (χ3v) is 7.45. The molecule has 3 aromatic rings. The molecule has 1 saturated heterocycles. The SMILES string of the molecule is CC1(NC(=O)c2cnc3c(c2)c(C(C)(C)O)nn3-c2cc(OC(C)(F)F)ccc2F)CS(=O)(=O)C1. The van der Waals surface area contributed by atoms with Gasteiger partial charge in [0.1, 0.15) is 28.5 Å². The Morgan fingerprint density at radius 1 is 1.23 bits per heavy atom. The van der Waals surface area contributed by atoms with Gasteiger partial charge < -0.3 is 15.2 Å². The van der Waals surface area contributed by atoms with Crippen LogP contribution >= 0.6 is 0 Å². The number of carbonyl (C=O) groups excluding carboxylic acids is 1. The number of alkyl halides is 2. The lowest BCUT2D eigenvalue weighted by Gasteiger charge is -2.38. The third kappa shape index (κ3) is 5.10. The van der Waals surface area contributed by atoms with Gasteiger partial charge in [0.15, 0.2) is 15.5 Å². The summed E-state index contributed by atoms with van der Waals surface area (Å²) >= 11 is 0. The Kier molecular flexibility index (Phi) is 5.64. The van der Waals surface area contributed by atoms with Gasteiger partial charge in [-0.25, -0.2) is 22.5 Å². The first-order valence-corrected chi connectivity index (χ1v) is 12.3. The van der Waals surface area contributed by atoms with Crippen LogP contribution in [-0.4, -0.2) is 57.3 Å². The number of rotatable bonds is 6. The maximum Gasteiger partial charge on any atom is 0.394 e. The lowest BCUT2D eigenvalue weighted by atomic mass is 10.0. The van der Waals surface area contributed by atoms with Gasteiger partial charge in [-0.3, -0.25) is 4.79 Å². The lowest BCUT2D eigenvalue weighted by molar-refractivity contribution is -0.158. The highest BCUT2D eigenvalue weighted by Gasteiger charge is 2.45. The second kappa shape index (κ2) is 7.92. The average molecular weight is 513 g/mol. The monoisotopic (exact) mass is 512 g/mol. The molecule has 0 spiro atoms. The first-order chi connectivity index (χ1) is 16.0. The molecule has 0 radical (unpaired) electrons. The van der Waals surface area contributed by atoms with Crippen LogP contribution in [0.25, 0.3) is 16.7 Å². The normalized spacial score (nSPS) is 17.1. The number of ether oxygens (including phenoxy) is 1. The van der Waals surface area contributed by atoms with Crippen LogP contribution in [-0.2, 0) is 15.4 Å². The Morgan fingerprint density at radius 3 is 2.46 bits per heavy atom. The quantitative estimate of drug-likeness (QED) is 0.521. The molecule has 0 atom stereocenters. The Bertz CT molecular complexity index is 1430. The van der Waals surface area contributed by atoms with Crippen LogP contribution < -0.4 is 10.1 Å². The zero-order valence-electron chi connectivity index (χ0n) is 19.3. The Hall–Kier alpha value is -3.19. The van der Waals surface area contributed by atoms with Crippen molar-refractivity contribution in [2.45, 2.75) is 44.9 Å². The number of sulfone groups is 1. The van der Waals surface area contributed by atoms with Gasteiger partial charge in [-0.1, -0.05) is 0 Å². The number of aliphatic hydroxyl groups is 1. The molecular formula is C22H23F3N4O5S. The van der Waals surface area contributed by atoms with E-state index in [9.17, 15) is 31.5 Å². The van der Waals surface area contributed by atoms with Crippen molar-refractivity contribution >= 4 is 26.8 Å². The van der Waals surface area contributed by atoms with Crippen molar-refractivity contribution in [2.75, 3.05) is 11.5 Å². The largest absolute Gasteiger partial charge is 0.433 e. The van der Waals surface area contributed by atoms with E-state index in [1.54, 1.807) is 6.92 Å². The third-order valence-electron chi connectivity index (χ3n) is 5.30. The summed E-state index contributed by atoms with van der Waals surface area (Å²) in [6, 6.07) is 4.38. The molecule has 9 nitrogen and oxygen atoms in total. The van der Waals surface area contributed by atoms with Crippen LogP contribution in [0.3, 0.4) is 0 Å². The summed E-state index contributed by atoms with van der Waals surface area (Å²) in [5, 5.41) is 17.8. The van der Waals surface area contributed by atoms with Gasteiger partial charge in [0.2, 0.25) is 0 Å². The molecule has 35 heavy (non-hydrogen) atoms. The Morgan fingerprint density at radius 2 is 1.89 bits per heavy atom. The summed E-state index contributed by atoms with van der Waals surface area (Å²) < 4.78 is 70.0. The van der Waals surface area contributed by atoms with Gasteiger partial charge >= 0.3 is 6.11 Å². The van der Waals surface area contributed by atoms with Crippen molar-refractivity contribution in [3.05, 3.63) is 47.5 Å². The van der Waals surface area contributed by atoms with E-state index >= 15 is 0 Å². The maximum absolute atomic E-state index is 14.7. The average Bonchev–Trinajstić information content (AvgIpc) is 3.05. The van der Waals surface area contributed by atoms with Crippen molar-refractivity contribution in [1.82, 2.24) is 20.1 Å². The standard InChI is InChI=1S/C22H23F3N4O5S/c1-20(2,31)17-14-7-12(19(30)27-21(3)10-35(32,33)11-21)9-26-18(14)29(28-17)16-8-13(5-6-15(16)23)34-22(4,24)25/h5-9,31H,10-11H2,1-4H3,(H,27,30). The van der Waals surface area contributed by atoms with Crippen LogP contribution in [0.15, 0.2) is 30.5 Å². The maximum atomic E-state index is 14.7. The lowest BCUT2D eigenvalue weighted by Crippen LogP contribution is -2.63. The van der Waals surface area contributed by atoms with E-state index in [2.05, 4.69) is 20.1 Å². The summed E-state index contributed by atoms with van der Waals surface area (Å²) in [5.74, 6) is -2.10. The molecule has 4 rings (SSSR count). The summed E-state index contributed by atoms with van der Waals surface area (Å²) in [6.07, 6.45) is -2.31. The summed E-state index contributed by atoms with van der Waals surface area (Å²) in [6.45, 7) is 5.01. The molecule has 1 aliphatic heterocycles. The van der Waals surface area contributed by atoms with Crippen LogP contribution in [0.4, 0.5) is 13.2 Å². The molecule has 0 unspecified atom stereocenters. The molecule has 3 heterocycles. The number of nitrogens with zero attached hydrogens (tertiary/aromatic N) is 3. The molecule has 2 aromatic heterocycles. The molecule has 188 valence electrons. The second-order valence-electron chi connectivity index (χ2n) is 9.48. The van der Waals surface area contributed by atoms with Crippen molar-refractivity contribution in [1.29, 1.82) is 0 Å². The number of halogens is 3. The molecular weight excluding hydrogens is 489 g/mol. The highest BCUT2D eigenvalue weighted by molar-refractivity contribution is 7.93. The molecule has 13 heteroatoms. The molecule has 1 aliphatic rings. The van der Waals surface area contributed by atoms with Gasteiger partial charge in [0.05, 0.1) is 22.6 Å². The summed E-state index contributed by atoms with van der Waals surface area (Å²) in [7, 11) is -3.19. The van der Waals surface area contributed by atoms with Gasteiger partial charge in [0, 0.05) is 24.6 Å². The van der Waals surface area contributed by atoms with E-state index in [0.717, 1.165) is 22.9 Å². The van der Waals surface area contributed by atoms with Gasteiger partial charge in [-0.05, 0) is 39.0 Å². The number of hydrogen-bond acceptors (Lipinski definition) is 7. The van der Waals surface area contributed by atoms with Crippen molar-refractivity contribution in [3.63, 3.8) is 0 Å². The van der Waals surface area contributed by atoms with Gasteiger partial charge in [-0.2, -0.15) is 13.9 Å². The predicted octanol–water partition coefficient (Wildman–Crippen LogP) is 2.70. The number of aromatic nitrogens is 3. The number of hydrogen-bond donors (Lipinski definition) is 2. The molecule has 2 N–H and O–H groups in total. The zero-order valence-corrected chi connectivity index (χ0v) is 20.1. The molecule has 1 aromatic carbocycles. The number of nitrogens with one attached hydrogen (secondary N) is 1. The Labute approximate surface area is 198 Å². The minimum Gasteiger partial charge on any atom is -0.433 e. The molecule has 1 fully saturated rings. The fourth-order valence-corrected chi connectivity index (χ4v) is 6.02. The minimum atomic E-state index is -3.50. The fourth-order valence-electron chi connectivity index (χ4n) is 4.02. The van der Waals surface area contributed by atoms with E-state index < -0.39 is 38.8 Å². The van der Waals surface area contributed by atoms with Crippen molar-refractivity contribution < 1.29 is 36.2 Å². The van der Waals surface area contributed by atoms with Crippen molar-refractivity contribution in [2.24, 2.45) is 0 Å². The van der Waals surface area contributed by atoms with Crippen LogP contribution in [0.5, 0.6) is 5.75 Å². The minimum absolute atomic E-state index is 0.0513. The number of fused-ring (bicyclic) bond motifs is 1. The first-order valence-electron chi connectivity index (χ1n) is 10.5. The van der Waals surface area contributed by atoms with Crippen LogP contribution in [0.1, 0.15) is 43.7 Å². The number of benzene rings is 1. The van der Waals surface area contributed by atoms with Crippen LogP contribution in [0.2, 0.25) is 0 Å². The van der Waals surface area contributed by atoms with E-state index in [-0.39, 0.29) is 45.2 Å². The summed E-state index contributed by atoms with van der Waals surface area (Å²) in [4.78, 5) is 17.0. The van der Waals surface area contributed by atoms with Gasteiger partial charge in [0.25, 0.3) is 5.91 Å². The Balaban J connectivity index is 1.79. The smallest absolute Gasteiger partial charge is 0.394 e. The van der Waals surface area contributed by atoms with Gasteiger partial charge in [-0.15, -0.1) is 0 Å². The number of amides is 1. The molecule has 0 bridgehead atoms.